The minimum Gasteiger partial charge on any atom is -0.497 e. The van der Waals surface area contributed by atoms with Gasteiger partial charge in [-0.05, 0) is 42.5 Å². The highest BCUT2D eigenvalue weighted by Crippen LogP contribution is 2.15. The number of nitrogens with one attached hydrogen (secondary N) is 2. The van der Waals surface area contributed by atoms with Gasteiger partial charge in [0.1, 0.15) is 11.4 Å². The molecule has 0 unspecified atom stereocenters. The van der Waals surface area contributed by atoms with Gasteiger partial charge in [0.15, 0.2) is 11.5 Å². The fraction of sp³-hybridized carbons (Fsp3) is 0.0556. The molecule has 0 spiro atoms. The summed E-state index contributed by atoms with van der Waals surface area (Å²) in [5.41, 5.74) is 1.69. The minimum absolute atomic E-state index is 0.152. The van der Waals surface area contributed by atoms with E-state index >= 15 is 0 Å². The van der Waals surface area contributed by atoms with Crippen molar-refractivity contribution in [2.24, 2.45) is 0 Å². The molecule has 0 atom stereocenters. The Morgan fingerprint density at radius 3 is 2.74 bits per heavy atom. The molecule has 0 radical (unpaired) electrons. The number of H-pyrrole nitrogens is 1. The Hall–Kier alpha value is -4.01. The van der Waals surface area contributed by atoms with E-state index in [2.05, 4.69) is 30.6 Å². The lowest BCUT2D eigenvalue weighted by molar-refractivity contribution is 0.102. The topological polar surface area (TPSA) is 111 Å². The van der Waals surface area contributed by atoms with Gasteiger partial charge in [-0.1, -0.05) is 6.07 Å². The predicted molar refractivity (Wildman–Crippen MR) is 97.7 cm³/mol. The van der Waals surface area contributed by atoms with E-state index in [0.29, 0.717) is 11.5 Å². The first-order valence-electron chi connectivity index (χ1n) is 8.08. The number of carbonyl (C=O) groups is 1. The van der Waals surface area contributed by atoms with E-state index in [1.165, 1.54) is 0 Å². The Labute approximate surface area is 154 Å². The van der Waals surface area contributed by atoms with Gasteiger partial charge >= 0.3 is 0 Å². The smallest absolute Gasteiger partial charge is 0.278 e. The van der Waals surface area contributed by atoms with Crippen LogP contribution in [0, 0.1) is 0 Å². The van der Waals surface area contributed by atoms with Gasteiger partial charge < -0.3 is 4.74 Å². The van der Waals surface area contributed by atoms with Crippen LogP contribution in [0.1, 0.15) is 10.5 Å². The van der Waals surface area contributed by atoms with Crippen LogP contribution < -0.4 is 10.1 Å². The van der Waals surface area contributed by atoms with Gasteiger partial charge in [0.2, 0.25) is 5.95 Å². The van der Waals surface area contributed by atoms with Crippen molar-refractivity contribution in [1.82, 2.24) is 29.9 Å². The summed E-state index contributed by atoms with van der Waals surface area (Å²) in [6.07, 6.45) is 3.36. The molecule has 9 nitrogen and oxygen atoms in total. The van der Waals surface area contributed by atoms with Gasteiger partial charge in [0, 0.05) is 12.4 Å². The molecule has 27 heavy (non-hydrogen) atoms. The van der Waals surface area contributed by atoms with Crippen molar-refractivity contribution < 1.29 is 9.53 Å². The summed E-state index contributed by atoms with van der Waals surface area (Å²) in [7, 11) is 1.60. The number of ether oxygens (including phenoxy) is 1. The number of aromatic amines is 1. The molecule has 134 valence electrons. The third-order valence-electron chi connectivity index (χ3n) is 3.78. The molecule has 0 bridgehead atoms. The number of hydrogen-bond donors (Lipinski definition) is 2. The zero-order valence-corrected chi connectivity index (χ0v) is 14.3. The number of carbonyl (C=O) groups excluding carboxylic acids is 1. The first kappa shape index (κ1) is 16.5. The van der Waals surface area contributed by atoms with Crippen molar-refractivity contribution in [2.45, 2.75) is 0 Å². The molecule has 1 amide bonds. The van der Waals surface area contributed by atoms with Crippen LogP contribution in [0.25, 0.3) is 17.2 Å². The maximum Gasteiger partial charge on any atom is 0.278 e. The molecule has 1 aromatic carbocycles. The lowest BCUT2D eigenvalue weighted by Gasteiger charge is -2.03. The molecular formula is C18H15N7O2. The number of aromatic nitrogens is 6. The van der Waals surface area contributed by atoms with E-state index in [1.807, 2.05) is 36.4 Å². The average molecular weight is 361 g/mol. The molecule has 0 aliphatic rings. The Balaban J connectivity index is 1.47. The Morgan fingerprint density at radius 1 is 1.15 bits per heavy atom. The number of methoxy groups -OCH3 is 1. The summed E-state index contributed by atoms with van der Waals surface area (Å²) in [6, 6.07) is 14.4. The maximum atomic E-state index is 12.4. The highest BCUT2D eigenvalue weighted by Gasteiger charge is 2.14. The summed E-state index contributed by atoms with van der Waals surface area (Å²) in [6.45, 7) is 0. The van der Waals surface area contributed by atoms with Crippen molar-refractivity contribution in [1.29, 1.82) is 0 Å². The minimum atomic E-state index is -0.408. The van der Waals surface area contributed by atoms with Crippen molar-refractivity contribution in [3.05, 3.63) is 66.6 Å². The SMILES string of the molecule is COc1ccc(-n2ccc(C(=O)Nc3n[nH]c(-c4ccccn4)n3)n2)cc1. The summed E-state index contributed by atoms with van der Waals surface area (Å²) >= 11 is 0. The predicted octanol–water partition coefficient (Wildman–Crippen LogP) is 2.31. The van der Waals surface area contributed by atoms with Crippen molar-refractivity contribution >= 4 is 11.9 Å². The second-order valence-electron chi connectivity index (χ2n) is 5.52. The monoisotopic (exact) mass is 361 g/mol. The molecule has 0 aliphatic heterocycles. The lowest BCUT2D eigenvalue weighted by Crippen LogP contribution is -2.14. The van der Waals surface area contributed by atoms with Crippen LogP contribution in [0.4, 0.5) is 5.95 Å². The molecule has 3 aromatic heterocycles. The normalized spacial score (nSPS) is 10.6. The van der Waals surface area contributed by atoms with Crippen LogP contribution in [0.5, 0.6) is 5.75 Å². The second-order valence-corrected chi connectivity index (χ2v) is 5.52. The number of hydrogen-bond acceptors (Lipinski definition) is 6. The first-order chi connectivity index (χ1) is 13.2. The lowest BCUT2D eigenvalue weighted by atomic mass is 10.3. The third kappa shape index (κ3) is 3.52. The number of anilines is 1. The van der Waals surface area contributed by atoms with E-state index in [-0.39, 0.29) is 11.6 Å². The molecule has 4 rings (SSSR count). The number of amides is 1. The average Bonchev–Trinajstić information content (AvgIpc) is 3.39. The van der Waals surface area contributed by atoms with Crippen LogP contribution in [0.3, 0.4) is 0 Å². The molecule has 0 saturated carbocycles. The van der Waals surface area contributed by atoms with Gasteiger partial charge in [-0.3, -0.25) is 20.2 Å². The molecule has 3 heterocycles. The van der Waals surface area contributed by atoms with Crippen LogP contribution in [-0.4, -0.2) is 43.0 Å². The standard InChI is InChI=1S/C18H15N7O2/c1-27-13-7-5-12(6-8-13)25-11-9-15(24-25)17(26)21-18-20-16(22-23-18)14-4-2-3-10-19-14/h2-11H,1H3,(H2,20,21,22,23,26). The summed E-state index contributed by atoms with van der Waals surface area (Å²) < 4.78 is 6.74. The van der Waals surface area contributed by atoms with Gasteiger partial charge in [-0.2, -0.15) is 10.1 Å². The van der Waals surface area contributed by atoms with Crippen molar-refractivity contribution in [2.75, 3.05) is 12.4 Å². The molecule has 9 heteroatoms. The Bertz CT molecular complexity index is 1050. The van der Waals surface area contributed by atoms with Crippen molar-refractivity contribution in [3.63, 3.8) is 0 Å². The Kier molecular flexibility index (Phi) is 4.32. The van der Waals surface area contributed by atoms with Gasteiger partial charge in [-0.25, -0.2) is 4.68 Å². The van der Waals surface area contributed by atoms with E-state index < -0.39 is 5.91 Å². The summed E-state index contributed by atoms with van der Waals surface area (Å²) in [5.74, 6) is 0.959. The zero-order chi connectivity index (χ0) is 18.6. The molecule has 0 saturated heterocycles. The van der Waals surface area contributed by atoms with Gasteiger partial charge in [0.25, 0.3) is 5.91 Å². The quantitative estimate of drug-likeness (QED) is 0.564. The fourth-order valence-corrected chi connectivity index (χ4v) is 2.42. The zero-order valence-electron chi connectivity index (χ0n) is 14.3. The highest BCUT2D eigenvalue weighted by molar-refractivity contribution is 6.01. The maximum absolute atomic E-state index is 12.4. The van der Waals surface area contributed by atoms with Crippen LogP contribution in [-0.2, 0) is 0 Å². The first-order valence-corrected chi connectivity index (χ1v) is 8.08. The number of benzene rings is 1. The van der Waals surface area contributed by atoms with E-state index in [4.69, 9.17) is 4.74 Å². The fourth-order valence-electron chi connectivity index (χ4n) is 2.42. The van der Waals surface area contributed by atoms with E-state index in [9.17, 15) is 4.79 Å². The Morgan fingerprint density at radius 2 is 2.00 bits per heavy atom. The molecule has 2 N–H and O–H groups in total. The number of rotatable bonds is 5. The number of nitrogens with zero attached hydrogens (tertiary/aromatic N) is 5. The van der Waals surface area contributed by atoms with Gasteiger partial charge in [-0.15, -0.1) is 5.10 Å². The van der Waals surface area contributed by atoms with E-state index in [0.717, 1.165) is 11.4 Å². The highest BCUT2D eigenvalue weighted by atomic mass is 16.5. The molecular weight excluding hydrogens is 346 g/mol. The molecule has 0 fully saturated rings. The second kappa shape index (κ2) is 7.08. The van der Waals surface area contributed by atoms with Crippen LogP contribution in [0.2, 0.25) is 0 Å². The van der Waals surface area contributed by atoms with E-state index in [1.54, 1.807) is 36.3 Å². The third-order valence-corrected chi connectivity index (χ3v) is 3.78. The summed E-state index contributed by atoms with van der Waals surface area (Å²) in [5, 5.41) is 13.6. The van der Waals surface area contributed by atoms with Crippen molar-refractivity contribution in [3.8, 4) is 23.0 Å². The van der Waals surface area contributed by atoms with Crippen LogP contribution >= 0.6 is 0 Å². The number of pyridine rings is 1. The molecule has 0 aliphatic carbocycles. The van der Waals surface area contributed by atoms with Gasteiger partial charge in [0.05, 0.1) is 12.8 Å². The molecule has 4 aromatic rings. The summed E-state index contributed by atoms with van der Waals surface area (Å²) in [4.78, 5) is 20.8. The van der Waals surface area contributed by atoms with Crippen LogP contribution in [0.15, 0.2) is 60.9 Å². The largest absolute Gasteiger partial charge is 0.497 e.